The highest BCUT2D eigenvalue weighted by Gasteiger charge is 2.41. The number of benzene rings is 4. The molecule has 4 aromatic carbocycles. The van der Waals surface area contributed by atoms with Crippen molar-refractivity contribution in [3.63, 3.8) is 0 Å². The largest absolute Gasteiger partial charge is 0.337 e. The average molecular weight is 606 g/mol. The summed E-state index contributed by atoms with van der Waals surface area (Å²) in [6, 6.07) is 32.5. The maximum atomic E-state index is 6.39. The molecule has 214 valence electrons. The predicted molar refractivity (Wildman–Crippen MR) is 178 cm³/mol. The second-order valence-electron chi connectivity index (χ2n) is 11.9. The van der Waals surface area contributed by atoms with Gasteiger partial charge in [-0.3, -0.25) is 0 Å². The third kappa shape index (κ3) is 4.81. The van der Waals surface area contributed by atoms with Gasteiger partial charge in [-0.2, -0.15) is 5.10 Å². The standard InChI is InChI=1S/C35H30Cl2N6/c1-21-30-31(22-14-16-23(17-15-22)35(2,3)4)42-29-13-9-8-12-28(29)39-32(38-24-18-19-26(36)27(37)20-24)34(42)40-33(30)43(41-21)25-10-6-5-7-11-25/h5-20,31H,1-4H3,(H,38,39)/t31-/m1/s1. The molecule has 0 fully saturated rings. The quantitative estimate of drug-likeness (QED) is 0.223. The van der Waals surface area contributed by atoms with Crippen molar-refractivity contribution in [3.05, 3.63) is 129 Å². The zero-order valence-electron chi connectivity index (χ0n) is 24.3. The van der Waals surface area contributed by atoms with Crippen LogP contribution in [0.5, 0.6) is 0 Å². The lowest BCUT2D eigenvalue weighted by Gasteiger charge is -2.40. The smallest absolute Gasteiger partial charge is 0.179 e. The zero-order valence-corrected chi connectivity index (χ0v) is 25.8. The Hall–Kier alpha value is -4.39. The average Bonchev–Trinajstić information content (AvgIpc) is 3.34. The number of aryl methyl sites for hydroxylation is 1. The van der Waals surface area contributed by atoms with Crippen molar-refractivity contribution in [2.45, 2.75) is 39.2 Å². The van der Waals surface area contributed by atoms with E-state index in [1.54, 1.807) is 12.1 Å². The summed E-state index contributed by atoms with van der Waals surface area (Å²) in [5, 5.41) is 9.47. The first-order valence-electron chi connectivity index (χ1n) is 14.2. The summed E-state index contributed by atoms with van der Waals surface area (Å²) in [6.45, 7) is 8.77. The molecule has 1 aromatic heterocycles. The molecular weight excluding hydrogens is 575 g/mol. The van der Waals surface area contributed by atoms with Gasteiger partial charge >= 0.3 is 0 Å². The van der Waals surface area contributed by atoms with Crippen LogP contribution in [0.15, 0.2) is 107 Å². The molecule has 1 atom stereocenters. The van der Waals surface area contributed by atoms with E-state index in [9.17, 15) is 0 Å². The number of aliphatic imine (C=N–C) groups is 2. The first-order chi connectivity index (χ1) is 20.7. The summed E-state index contributed by atoms with van der Waals surface area (Å²) in [5.41, 5.74) is 7.97. The van der Waals surface area contributed by atoms with Gasteiger partial charge in [-0.15, -0.1) is 0 Å². The summed E-state index contributed by atoms with van der Waals surface area (Å²) >= 11 is 12.6. The first kappa shape index (κ1) is 27.4. The number of rotatable bonds is 3. The molecule has 1 N–H and O–H groups in total. The van der Waals surface area contributed by atoms with Gasteiger partial charge in [0, 0.05) is 11.3 Å². The van der Waals surface area contributed by atoms with Gasteiger partial charge in [0.25, 0.3) is 0 Å². The van der Waals surface area contributed by atoms with E-state index in [1.807, 2.05) is 59.3 Å². The summed E-state index contributed by atoms with van der Waals surface area (Å²) < 4.78 is 1.93. The molecule has 3 heterocycles. The van der Waals surface area contributed by atoms with Crippen LogP contribution in [0.4, 0.5) is 22.9 Å². The molecule has 5 aromatic rings. The number of fused-ring (bicyclic) bond motifs is 4. The lowest BCUT2D eigenvalue weighted by Crippen LogP contribution is -2.46. The van der Waals surface area contributed by atoms with Gasteiger partial charge in [-0.1, -0.05) is 98.6 Å². The number of amidine groups is 2. The van der Waals surface area contributed by atoms with Gasteiger partial charge < -0.3 is 10.2 Å². The Bertz CT molecular complexity index is 1920. The Balaban J connectivity index is 1.47. The lowest BCUT2D eigenvalue weighted by molar-refractivity contribution is 0.589. The van der Waals surface area contributed by atoms with Crippen molar-refractivity contribution < 1.29 is 0 Å². The maximum Gasteiger partial charge on any atom is 0.179 e. The number of halogens is 2. The number of nitrogens with zero attached hydrogens (tertiary/aromatic N) is 5. The zero-order chi connectivity index (χ0) is 29.9. The molecular formula is C35H30Cl2N6. The molecule has 0 saturated heterocycles. The Morgan fingerprint density at radius 1 is 0.791 bits per heavy atom. The van der Waals surface area contributed by atoms with E-state index in [0.29, 0.717) is 21.7 Å². The first-order valence-corrected chi connectivity index (χ1v) is 15.0. The summed E-state index contributed by atoms with van der Waals surface area (Å²) in [5.74, 6) is 2.08. The Morgan fingerprint density at radius 3 is 2.23 bits per heavy atom. The highest BCUT2D eigenvalue weighted by atomic mass is 35.5. The van der Waals surface area contributed by atoms with Crippen molar-refractivity contribution in [2.24, 2.45) is 9.98 Å². The summed E-state index contributed by atoms with van der Waals surface area (Å²) in [4.78, 5) is 12.6. The van der Waals surface area contributed by atoms with E-state index in [2.05, 4.69) is 68.2 Å². The molecule has 6 nitrogen and oxygen atoms in total. The highest BCUT2D eigenvalue weighted by molar-refractivity contribution is 6.52. The molecule has 43 heavy (non-hydrogen) atoms. The fourth-order valence-electron chi connectivity index (χ4n) is 5.74. The monoisotopic (exact) mass is 604 g/mol. The minimum absolute atomic E-state index is 0.0400. The fourth-order valence-corrected chi connectivity index (χ4v) is 6.04. The molecule has 0 radical (unpaired) electrons. The van der Waals surface area contributed by atoms with Crippen molar-refractivity contribution in [1.82, 2.24) is 9.78 Å². The van der Waals surface area contributed by atoms with Crippen LogP contribution in [0.3, 0.4) is 0 Å². The SMILES string of the molecule is Cc1nn(-c2ccccc2)c2c1[C@@H](c1ccc(C(C)(C)C)cc1)N1C(=N2)C(Nc2ccc(Cl)c(Cl)c2)=Nc2ccccc21. The van der Waals surface area contributed by atoms with E-state index in [1.165, 1.54) is 5.56 Å². The molecule has 8 heteroatoms. The molecule has 0 unspecified atom stereocenters. The van der Waals surface area contributed by atoms with Crippen molar-refractivity contribution in [2.75, 3.05) is 10.2 Å². The van der Waals surface area contributed by atoms with E-state index in [-0.39, 0.29) is 11.5 Å². The van der Waals surface area contributed by atoms with Gasteiger partial charge in [0.15, 0.2) is 17.5 Å². The Kier molecular flexibility index (Phi) is 6.64. The van der Waals surface area contributed by atoms with Crippen LogP contribution in [-0.4, -0.2) is 21.5 Å². The summed E-state index contributed by atoms with van der Waals surface area (Å²) in [7, 11) is 0. The van der Waals surface area contributed by atoms with Crippen LogP contribution < -0.4 is 10.2 Å². The second kappa shape index (κ2) is 10.4. The van der Waals surface area contributed by atoms with Crippen LogP contribution in [0.1, 0.15) is 49.2 Å². The molecule has 2 aliphatic rings. The van der Waals surface area contributed by atoms with Crippen LogP contribution in [0.25, 0.3) is 5.69 Å². The molecule has 0 amide bonds. The topological polar surface area (TPSA) is 57.8 Å². The number of aromatic nitrogens is 2. The normalized spacial score (nSPS) is 15.7. The van der Waals surface area contributed by atoms with Gasteiger partial charge in [0.2, 0.25) is 0 Å². The molecule has 0 saturated carbocycles. The predicted octanol–water partition coefficient (Wildman–Crippen LogP) is 9.58. The molecule has 2 aliphatic heterocycles. The molecule has 0 aliphatic carbocycles. The van der Waals surface area contributed by atoms with Crippen LogP contribution in [0.2, 0.25) is 10.0 Å². The third-order valence-electron chi connectivity index (χ3n) is 7.91. The Labute approximate surface area is 261 Å². The summed E-state index contributed by atoms with van der Waals surface area (Å²) in [6.07, 6.45) is 0. The number of nitrogens with one attached hydrogen (secondary N) is 1. The van der Waals surface area contributed by atoms with Gasteiger partial charge in [-0.25, -0.2) is 14.7 Å². The van der Waals surface area contributed by atoms with E-state index >= 15 is 0 Å². The minimum Gasteiger partial charge on any atom is -0.337 e. The van der Waals surface area contributed by atoms with Crippen molar-refractivity contribution >= 4 is 57.8 Å². The Morgan fingerprint density at radius 2 is 1.51 bits per heavy atom. The maximum absolute atomic E-state index is 6.39. The third-order valence-corrected chi connectivity index (χ3v) is 8.65. The van der Waals surface area contributed by atoms with Crippen molar-refractivity contribution in [3.8, 4) is 5.69 Å². The number of hydrogen-bond acceptors (Lipinski definition) is 5. The number of hydrogen-bond donors (Lipinski definition) is 1. The van der Waals surface area contributed by atoms with E-state index < -0.39 is 0 Å². The van der Waals surface area contributed by atoms with E-state index in [0.717, 1.165) is 45.4 Å². The van der Waals surface area contributed by atoms with Crippen LogP contribution in [-0.2, 0) is 5.41 Å². The van der Waals surface area contributed by atoms with Gasteiger partial charge in [-0.05, 0) is 65.9 Å². The minimum atomic E-state index is -0.198. The highest BCUT2D eigenvalue weighted by Crippen LogP contribution is 2.48. The van der Waals surface area contributed by atoms with Gasteiger partial charge in [0.1, 0.15) is 0 Å². The second-order valence-corrected chi connectivity index (χ2v) is 12.7. The van der Waals surface area contributed by atoms with Crippen molar-refractivity contribution in [1.29, 1.82) is 0 Å². The van der Waals surface area contributed by atoms with Gasteiger partial charge in [0.05, 0.1) is 38.8 Å². The molecule has 7 rings (SSSR count). The lowest BCUT2D eigenvalue weighted by atomic mass is 9.85. The fraction of sp³-hybridized carbons (Fsp3) is 0.171. The van der Waals surface area contributed by atoms with Crippen LogP contribution >= 0.6 is 23.2 Å². The number of anilines is 2. The van der Waals surface area contributed by atoms with Crippen LogP contribution in [0, 0.1) is 6.92 Å². The van der Waals surface area contributed by atoms with E-state index in [4.69, 9.17) is 38.3 Å². The number of para-hydroxylation sites is 3. The molecule has 0 spiro atoms. The molecule has 0 bridgehead atoms.